The van der Waals surface area contributed by atoms with Crippen LogP contribution >= 0.6 is 11.6 Å². The van der Waals surface area contributed by atoms with E-state index in [1.165, 1.54) is 10.9 Å². The van der Waals surface area contributed by atoms with Gasteiger partial charge in [-0.15, -0.1) is 10.2 Å². The highest BCUT2D eigenvalue weighted by atomic mass is 35.5. The van der Waals surface area contributed by atoms with E-state index in [4.69, 9.17) is 21.1 Å². The number of benzene rings is 2. The molecule has 11 nitrogen and oxygen atoms in total. The van der Waals surface area contributed by atoms with Gasteiger partial charge in [-0.2, -0.15) is 0 Å². The summed E-state index contributed by atoms with van der Waals surface area (Å²) in [6.45, 7) is -0.499. The van der Waals surface area contributed by atoms with E-state index in [0.29, 0.717) is 22.7 Å². The standard InChI is InChI=1S/C25H22ClF3N6O5/c26-14-4-2-1-3-13(14)18-10-34(32-31-18)20-5-6-39-25(20)24(38)22(23(37)19(11-36)40-25)35-9-17(30-33-35)12-7-15(27)21(29)16(28)8-12/h1-4,7-10,19-20,22-24,36-38H,5-6,11H2/t19-,20-,22+,23+,24-,25+/m1/s1. The Bertz CT molecular complexity index is 1530. The number of hydrogen-bond acceptors (Lipinski definition) is 9. The summed E-state index contributed by atoms with van der Waals surface area (Å²) in [5, 5.41) is 49.4. The molecule has 2 saturated heterocycles. The van der Waals surface area contributed by atoms with Crippen LogP contribution in [0.2, 0.25) is 5.02 Å². The van der Waals surface area contributed by atoms with Crippen LogP contribution in [0.3, 0.4) is 0 Å². The molecule has 0 radical (unpaired) electrons. The minimum atomic E-state index is -1.80. The molecular weight excluding hydrogens is 557 g/mol. The molecule has 4 heterocycles. The summed E-state index contributed by atoms with van der Waals surface area (Å²) in [5.74, 6) is -6.26. The van der Waals surface area contributed by atoms with Crippen LogP contribution < -0.4 is 0 Å². The zero-order valence-electron chi connectivity index (χ0n) is 20.5. The van der Waals surface area contributed by atoms with Gasteiger partial charge in [-0.3, -0.25) is 0 Å². The van der Waals surface area contributed by atoms with Gasteiger partial charge in [0, 0.05) is 11.1 Å². The number of aliphatic hydroxyl groups is 3. The number of ether oxygens (including phenoxy) is 2. The van der Waals surface area contributed by atoms with Crippen LogP contribution in [0.4, 0.5) is 13.2 Å². The molecule has 2 aliphatic rings. The van der Waals surface area contributed by atoms with Crippen LogP contribution in [-0.4, -0.2) is 82.6 Å². The van der Waals surface area contributed by atoms with Crippen molar-refractivity contribution >= 4 is 11.6 Å². The molecule has 2 fully saturated rings. The Morgan fingerprint density at radius 2 is 1.68 bits per heavy atom. The van der Waals surface area contributed by atoms with Crippen molar-refractivity contribution in [2.75, 3.05) is 13.2 Å². The molecule has 3 N–H and O–H groups in total. The Kier molecular flexibility index (Phi) is 6.84. The maximum atomic E-state index is 13.8. The van der Waals surface area contributed by atoms with Gasteiger partial charge < -0.3 is 24.8 Å². The molecule has 2 aliphatic heterocycles. The van der Waals surface area contributed by atoms with Gasteiger partial charge >= 0.3 is 0 Å². The third-order valence-electron chi connectivity index (χ3n) is 7.24. The highest BCUT2D eigenvalue weighted by molar-refractivity contribution is 6.33. The number of aromatic nitrogens is 6. The lowest BCUT2D eigenvalue weighted by molar-refractivity contribution is -0.350. The highest BCUT2D eigenvalue weighted by Gasteiger charge is 2.62. The third-order valence-corrected chi connectivity index (χ3v) is 7.57. The fraction of sp³-hybridized carbons (Fsp3) is 0.360. The van der Waals surface area contributed by atoms with Crippen LogP contribution in [0.15, 0.2) is 48.8 Å². The predicted molar refractivity (Wildman–Crippen MR) is 131 cm³/mol. The SMILES string of the molecule is OC[C@H]1O[C@]2(OCC[C@H]2n2cc(-c3ccccc3Cl)nn2)[C@H](O)[C@@H](n2cc(-c3cc(F)c(F)c(F)c3)nn2)[C@H]1O. The average molecular weight is 579 g/mol. The molecule has 1 spiro atoms. The minimum Gasteiger partial charge on any atom is -0.394 e. The molecule has 0 saturated carbocycles. The van der Waals surface area contributed by atoms with E-state index in [-0.39, 0.29) is 17.9 Å². The first-order chi connectivity index (χ1) is 19.2. The molecule has 0 aliphatic carbocycles. The third kappa shape index (κ3) is 4.27. The largest absolute Gasteiger partial charge is 0.394 e. The number of hydrogen-bond donors (Lipinski definition) is 3. The van der Waals surface area contributed by atoms with Crippen LogP contribution in [0, 0.1) is 17.5 Å². The summed E-state index contributed by atoms with van der Waals surface area (Å²) < 4.78 is 55.6. The molecule has 0 unspecified atom stereocenters. The number of rotatable bonds is 5. The average Bonchev–Trinajstić information content (AvgIpc) is 3.70. The van der Waals surface area contributed by atoms with E-state index in [0.717, 1.165) is 16.8 Å². The number of aliphatic hydroxyl groups excluding tert-OH is 3. The molecule has 2 aromatic heterocycles. The summed E-state index contributed by atoms with van der Waals surface area (Å²) in [6, 6.07) is 6.53. The van der Waals surface area contributed by atoms with Gasteiger partial charge in [0.25, 0.3) is 0 Å². The summed E-state index contributed by atoms with van der Waals surface area (Å²) in [4.78, 5) is 0. The first-order valence-corrected chi connectivity index (χ1v) is 12.6. The predicted octanol–water partition coefficient (Wildman–Crippen LogP) is 2.29. The fourth-order valence-corrected chi connectivity index (χ4v) is 5.52. The van der Waals surface area contributed by atoms with Crippen LogP contribution in [0.1, 0.15) is 18.5 Å². The van der Waals surface area contributed by atoms with Gasteiger partial charge in [0.05, 0.1) is 30.6 Å². The van der Waals surface area contributed by atoms with Crippen molar-refractivity contribution in [3.8, 4) is 22.5 Å². The molecule has 40 heavy (non-hydrogen) atoms. The minimum absolute atomic E-state index is 0.0529. The molecule has 2 aromatic carbocycles. The van der Waals surface area contributed by atoms with Crippen molar-refractivity contribution in [3.05, 3.63) is 71.3 Å². The molecule has 6 rings (SSSR count). The van der Waals surface area contributed by atoms with Gasteiger partial charge in [-0.05, 0) is 24.6 Å². The quantitative estimate of drug-likeness (QED) is 0.304. The van der Waals surface area contributed by atoms with Gasteiger partial charge in [0.2, 0.25) is 5.79 Å². The molecule has 4 aromatic rings. The van der Waals surface area contributed by atoms with Crippen LogP contribution in [0.25, 0.3) is 22.5 Å². The maximum absolute atomic E-state index is 13.8. The Morgan fingerprint density at radius 1 is 1.00 bits per heavy atom. The van der Waals surface area contributed by atoms with E-state index in [2.05, 4.69) is 20.6 Å². The second-order valence-corrected chi connectivity index (χ2v) is 9.95. The lowest BCUT2D eigenvalue weighted by Crippen LogP contribution is -2.65. The first kappa shape index (κ1) is 26.8. The van der Waals surface area contributed by atoms with Crippen LogP contribution in [-0.2, 0) is 9.47 Å². The first-order valence-electron chi connectivity index (χ1n) is 12.3. The van der Waals surface area contributed by atoms with E-state index in [1.54, 1.807) is 30.5 Å². The van der Waals surface area contributed by atoms with Crippen molar-refractivity contribution in [2.24, 2.45) is 0 Å². The van der Waals surface area contributed by atoms with Gasteiger partial charge in [0.15, 0.2) is 17.5 Å². The Morgan fingerprint density at radius 3 is 2.40 bits per heavy atom. The second kappa shape index (κ2) is 10.2. The van der Waals surface area contributed by atoms with Gasteiger partial charge in [-0.25, -0.2) is 22.5 Å². The molecule has 0 amide bonds. The summed E-state index contributed by atoms with van der Waals surface area (Å²) in [7, 11) is 0. The zero-order chi connectivity index (χ0) is 28.2. The Balaban J connectivity index is 1.36. The van der Waals surface area contributed by atoms with Crippen molar-refractivity contribution in [1.82, 2.24) is 30.0 Å². The van der Waals surface area contributed by atoms with Gasteiger partial charge in [-0.1, -0.05) is 40.2 Å². The van der Waals surface area contributed by atoms with Gasteiger partial charge in [0.1, 0.15) is 41.8 Å². The normalized spacial score (nSPS) is 28.4. The monoisotopic (exact) mass is 578 g/mol. The van der Waals surface area contributed by atoms with Crippen molar-refractivity contribution in [3.63, 3.8) is 0 Å². The van der Waals surface area contributed by atoms with Crippen molar-refractivity contribution in [1.29, 1.82) is 0 Å². The van der Waals surface area contributed by atoms with E-state index >= 15 is 0 Å². The zero-order valence-corrected chi connectivity index (χ0v) is 21.2. The highest BCUT2D eigenvalue weighted by Crippen LogP contribution is 2.48. The molecule has 15 heteroatoms. The lowest BCUT2D eigenvalue weighted by atomic mass is 9.86. The molecule has 210 valence electrons. The lowest BCUT2D eigenvalue weighted by Gasteiger charge is -2.49. The summed E-state index contributed by atoms with van der Waals surface area (Å²) in [5.41, 5.74) is 0.937. The smallest absolute Gasteiger partial charge is 0.220 e. The van der Waals surface area contributed by atoms with E-state index < -0.39 is 60.2 Å². The van der Waals surface area contributed by atoms with Crippen molar-refractivity contribution < 1.29 is 38.0 Å². The van der Waals surface area contributed by atoms with Crippen molar-refractivity contribution in [2.45, 2.75) is 42.6 Å². The topological polar surface area (TPSA) is 141 Å². The van der Waals surface area contributed by atoms with E-state index in [1.807, 2.05) is 0 Å². The number of halogens is 4. The summed E-state index contributed by atoms with van der Waals surface area (Å²) >= 11 is 6.31. The molecule has 0 bridgehead atoms. The number of nitrogens with zero attached hydrogens (tertiary/aromatic N) is 6. The molecule has 6 atom stereocenters. The summed E-state index contributed by atoms with van der Waals surface area (Å²) in [6.07, 6.45) is -1.14. The second-order valence-electron chi connectivity index (χ2n) is 9.54. The maximum Gasteiger partial charge on any atom is 0.220 e. The Labute approximate surface area is 229 Å². The Hall–Kier alpha value is -3.40. The van der Waals surface area contributed by atoms with Crippen LogP contribution in [0.5, 0.6) is 0 Å². The van der Waals surface area contributed by atoms with E-state index in [9.17, 15) is 28.5 Å². The molecular formula is C25H22ClF3N6O5. The fourth-order valence-electron chi connectivity index (χ4n) is 5.29.